The average Bonchev–Trinajstić information content (AvgIpc) is 3.03. The lowest BCUT2D eigenvalue weighted by molar-refractivity contribution is -0.133. The molecule has 2 heterocycles. The van der Waals surface area contributed by atoms with Crippen LogP contribution in [-0.4, -0.2) is 37.1 Å². The van der Waals surface area contributed by atoms with Crippen molar-refractivity contribution in [2.75, 3.05) is 26.3 Å². The molecule has 0 spiro atoms. The van der Waals surface area contributed by atoms with Crippen LogP contribution >= 0.6 is 0 Å². The van der Waals surface area contributed by atoms with Crippen LogP contribution in [0.5, 0.6) is 0 Å². The Morgan fingerprint density at radius 2 is 1.86 bits per heavy atom. The van der Waals surface area contributed by atoms with Crippen molar-refractivity contribution >= 4 is 5.91 Å². The van der Waals surface area contributed by atoms with Crippen LogP contribution < -0.4 is 0 Å². The number of halogens is 1. The highest BCUT2D eigenvalue weighted by molar-refractivity contribution is 5.76. The molecule has 1 aromatic carbocycles. The lowest BCUT2D eigenvalue weighted by Gasteiger charge is -2.32. The minimum Gasteiger partial charge on any atom is -0.381 e. The van der Waals surface area contributed by atoms with Gasteiger partial charge in [-0.3, -0.25) is 4.79 Å². The van der Waals surface area contributed by atoms with Gasteiger partial charge in [-0.1, -0.05) is 12.1 Å². The summed E-state index contributed by atoms with van der Waals surface area (Å²) < 4.78 is 18.3. The van der Waals surface area contributed by atoms with Gasteiger partial charge in [0.15, 0.2) is 0 Å². The first-order valence-electron chi connectivity index (χ1n) is 8.30. The lowest BCUT2D eigenvalue weighted by Crippen LogP contribution is -2.39. The molecule has 1 amide bonds. The van der Waals surface area contributed by atoms with Gasteiger partial charge in [-0.05, 0) is 55.2 Å². The van der Waals surface area contributed by atoms with E-state index in [1.54, 1.807) is 0 Å². The molecule has 1 atom stereocenters. The highest BCUT2D eigenvalue weighted by Gasteiger charge is 2.26. The van der Waals surface area contributed by atoms with E-state index in [1.807, 2.05) is 17.0 Å². The van der Waals surface area contributed by atoms with Crippen LogP contribution in [0.3, 0.4) is 0 Å². The van der Waals surface area contributed by atoms with Gasteiger partial charge in [0.25, 0.3) is 0 Å². The van der Waals surface area contributed by atoms with Crippen molar-refractivity contribution in [1.82, 2.24) is 4.90 Å². The van der Waals surface area contributed by atoms with Crippen LogP contribution in [-0.2, 0) is 16.0 Å². The zero-order valence-electron chi connectivity index (χ0n) is 13.0. The second-order valence-corrected chi connectivity index (χ2v) is 6.59. The third kappa shape index (κ3) is 4.07. The summed E-state index contributed by atoms with van der Waals surface area (Å²) in [5.41, 5.74) is 1.19. The Labute approximate surface area is 131 Å². The Balaban J connectivity index is 1.43. The minimum absolute atomic E-state index is 0.181. The summed E-state index contributed by atoms with van der Waals surface area (Å²) >= 11 is 0. The molecule has 2 aliphatic heterocycles. The first-order valence-corrected chi connectivity index (χ1v) is 8.30. The van der Waals surface area contributed by atoms with E-state index in [9.17, 15) is 9.18 Å². The summed E-state index contributed by atoms with van der Waals surface area (Å²) in [5, 5.41) is 0. The van der Waals surface area contributed by atoms with Crippen LogP contribution in [0.25, 0.3) is 0 Å². The number of benzene rings is 1. The highest BCUT2D eigenvalue weighted by atomic mass is 19.1. The van der Waals surface area contributed by atoms with Crippen molar-refractivity contribution < 1.29 is 13.9 Å². The molecule has 0 N–H and O–H groups in total. The number of rotatable bonds is 4. The topological polar surface area (TPSA) is 29.5 Å². The molecule has 0 unspecified atom stereocenters. The SMILES string of the molecule is O=C(C[C@H]1CCOC1)N1CCC(Cc2ccc(F)cc2)CC1. The molecule has 0 bridgehead atoms. The maximum absolute atomic E-state index is 12.9. The number of carbonyl (C=O) groups is 1. The Morgan fingerprint density at radius 3 is 2.50 bits per heavy atom. The number of amides is 1. The maximum Gasteiger partial charge on any atom is 0.222 e. The third-order valence-corrected chi connectivity index (χ3v) is 4.89. The predicted octanol–water partition coefficient (Wildman–Crippen LogP) is 3.03. The van der Waals surface area contributed by atoms with Crippen LogP contribution in [0.4, 0.5) is 4.39 Å². The van der Waals surface area contributed by atoms with Crippen LogP contribution in [0.1, 0.15) is 31.2 Å². The van der Waals surface area contributed by atoms with E-state index < -0.39 is 0 Å². The Hall–Kier alpha value is -1.42. The van der Waals surface area contributed by atoms with Crippen molar-refractivity contribution in [2.24, 2.45) is 11.8 Å². The van der Waals surface area contributed by atoms with Crippen molar-refractivity contribution in [3.63, 3.8) is 0 Å². The molecule has 4 heteroatoms. The zero-order chi connectivity index (χ0) is 15.4. The van der Waals surface area contributed by atoms with Crippen molar-refractivity contribution in [3.05, 3.63) is 35.6 Å². The van der Waals surface area contributed by atoms with E-state index in [0.29, 0.717) is 18.3 Å². The van der Waals surface area contributed by atoms with E-state index >= 15 is 0 Å². The normalized spacial score (nSPS) is 23.0. The van der Waals surface area contributed by atoms with Crippen molar-refractivity contribution in [2.45, 2.75) is 32.1 Å². The summed E-state index contributed by atoms with van der Waals surface area (Å²) in [7, 11) is 0. The molecule has 2 fully saturated rings. The zero-order valence-corrected chi connectivity index (χ0v) is 13.0. The molecular formula is C18H24FNO2. The molecule has 2 saturated heterocycles. The molecule has 0 saturated carbocycles. The summed E-state index contributed by atoms with van der Waals surface area (Å²) in [6.07, 6.45) is 4.74. The molecule has 0 radical (unpaired) electrons. The molecule has 0 aliphatic carbocycles. The highest BCUT2D eigenvalue weighted by Crippen LogP contribution is 2.24. The van der Waals surface area contributed by atoms with Gasteiger partial charge in [-0.2, -0.15) is 0 Å². The molecule has 3 rings (SSSR count). The monoisotopic (exact) mass is 305 g/mol. The summed E-state index contributed by atoms with van der Waals surface area (Å²) in [4.78, 5) is 14.3. The molecule has 0 aromatic heterocycles. The third-order valence-electron chi connectivity index (χ3n) is 4.89. The number of piperidine rings is 1. The number of nitrogens with zero attached hydrogens (tertiary/aromatic N) is 1. The fraction of sp³-hybridized carbons (Fsp3) is 0.611. The van der Waals surface area contributed by atoms with Gasteiger partial charge in [0.2, 0.25) is 5.91 Å². The van der Waals surface area contributed by atoms with Crippen LogP contribution in [0, 0.1) is 17.7 Å². The van der Waals surface area contributed by atoms with Gasteiger partial charge in [0, 0.05) is 32.7 Å². The van der Waals surface area contributed by atoms with E-state index in [-0.39, 0.29) is 11.7 Å². The molecule has 3 nitrogen and oxygen atoms in total. The molecule has 22 heavy (non-hydrogen) atoms. The van der Waals surface area contributed by atoms with Gasteiger partial charge in [0.1, 0.15) is 5.82 Å². The quantitative estimate of drug-likeness (QED) is 0.856. The Bertz CT molecular complexity index is 488. The van der Waals surface area contributed by atoms with Crippen molar-refractivity contribution in [1.29, 1.82) is 0 Å². The van der Waals surface area contributed by atoms with Crippen LogP contribution in [0.15, 0.2) is 24.3 Å². The van der Waals surface area contributed by atoms with E-state index in [0.717, 1.165) is 52.0 Å². The van der Waals surface area contributed by atoms with Crippen LogP contribution in [0.2, 0.25) is 0 Å². The second-order valence-electron chi connectivity index (χ2n) is 6.59. The Kier molecular flexibility index (Phi) is 5.08. The molecule has 1 aromatic rings. The fourth-order valence-corrected chi connectivity index (χ4v) is 3.46. The van der Waals surface area contributed by atoms with E-state index in [2.05, 4.69) is 0 Å². The fourth-order valence-electron chi connectivity index (χ4n) is 3.46. The largest absolute Gasteiger partial charge is 0.381 e. The van der Waals surface area contributed by atoms with E-state index in [1.165, 1.54) is 17.7 Å². The van der Waals surface area contributed by atoms with E-state index in [4.69, 9.17) is 4.74 Å². The predicted molar refractivity (Wildman–Crippen MR) is 83.0 cm³/mol. The number of likely N-dealkylation sites (tertiary alicyclic amines) is 1. The second kappa shape index (κ2) is 7.23. The lowest BCUT2D eigenvalue weighted by atomic mass is 9.90. The standard InChI is InChI=1S/C18H24FNO2/c19-17-3-1-14(2-4-17)11-15-5-8-20(9-6-15)18(21)12-16-7-10-22-13-16/h1-4,15-16H,5-13H2/t16-/m1/s1. The molecular weight excluding hydrogens is 281 g/mol. The maximum atomic E-state index is 12.9. The molecule has 120 valence electrons. The van der Waals surface area contributed by atoms with Gasteiger partial charge in [-0.15, -0.1) is 0 Å². The van der Waals surface area contributed by atoms with Crippen molar-refractivity contribution in [3.8, 4) is 0 Å². The van der Waals surface area contributed by atoms with Gasteiger partial charge >= 0.3 is 0 Å². The first kappa shape index (κ1) is 15.5. The smallest absolute Gasteiger partial charge is 0.222 e. The number of hydrogen-bond donors (Lipinski definition) is 0. The number of hydrogen-bond acceptors (Lipinski definition) is 2. The summed E-state index contributed by atoms with van der Waals surface area (Å²) in [5.74, 6) is 1.13. The van der Waals surface area contributed by atoms with Gasteiger partial charge in [0.05, 0.1) is 0 Å². The number of carbonyl (C=O) groups excluding carboxylic acids is 1. The Morgan fingerprint density at radius 1 is 1.14 bits per heavy atom. The van der Waals surface area contributed by atoms with Gasteiger partial charge < -0.3 is 9.64 Å². The first-order chi connectivity index (χ1) is 10.7. The average molecular weight is 305 g/mol. The summed E-state index contributed by atoms with van der Waals surface area (Å²) in [6, 6.07) is 6.79. The minimum atomic E-state index is -0.181. The number of ether oxygens (including phenoxy) is 1. The molecule has 2 aliphatic rings. The summed E-state index contributed by atoms with van der Waals surface area (Å²) in [6.45, 7) is 3.26. The van der Waals surface area contributed by atoms with Gasteiger partial charge in [-0.25, -0.2) is 4.39 Å².